The van der Waals surface area contributed by atoms with E-state index in [2.05, 4.69) is 4.99 Å². The van der Waals surface area contributed by atoms with Crippen LogP contribution in [0.1, 0.15) is 28.8 Å². The molecule has 1 N–H and O–H groups in total. The van der Waals surface area contributed by atoms with Gasteiger partial charge in [-0.25, -0.2) is 4.79 Å². The Morgan fingerprint density at radius 1 is 1.54 bits per heavy atom. The Morgan fingerprint density at radius 3 is 3.00 bits per heavy atom. The Hall–Kier alpha value is -1.64. The van der Waals surface area contributed by atoms with E-state index in [-0.39, 0.29) is 0 Å². The molecule has 1 unspecified atom stereocenters. The molecular formula is C10H9NO2. The summed E-state index contributed by atoms with van der Waals surface area (Å²) in [5.41, 5.74) is 2.18. The van der Waals surface area contributed by atoms with E-state index in [0.29, 0.717) is 11.5 Å². The molecule has 0 saturated carbocycles. The topological polar surface area (TPSA) is 49.7 Å². The molecule has 1 aromatic carbocycles. The molecule has 1 atom stereocenters. The lowest BCUT2D eigenvalue weighted by Gasteiger charge is -2.02. The fourth-order valence-corrected chi connectivity index (χ4v) is 1.45. The van der Waals surface area contributed by atoms with E-state index in [1.54, 1.807) is 12.1 Å². The normalized spacial score (nSPS) is 18.7. The number of nitrogens with zero attached hydrogens (tertiary/aromatic N) is 1. The summed E-state index contributed by atoms with van der Waals surface area (Å²) in [6.07, 6.45) is 1.83. The molecule has 0 aromatic heterocycles. The molecule has 2 rings (SSSR count). The second-order valence-corrected chi connectivity index (χ2v) is 3.15. The van der Waals surface area contributed by atoms with Gasteiger partial charge in [0.1, 0.15) is 0 Å². The highest BCUT2D eigenvalue weighted by Crippen LogP contribution is 2.32. The number of carboxylic acid groups (broad SMARTS) is 1. The number of aliphatic imine (C=N–C) groups is 1. The van der Waals surface area contributed by atoms with Gasteiger partial charge in [-0.05, 0) is 17.7 Å². The number of fused-ring (bicyclic) bond motifs is 1. The standard InChI is InChI=1S/C10H9NO2/c1-6-5-11-9-4-7(10(12)13)2-3-8(6)9/h2-6H,1H3,(H,12,13). The first-order chi connectivity index (χ1) is 6.18. The molecule has 3 nitrogen and oxygen atoms in total. The minimum atomic E-state index is -0.905. The predicted molar refractivity (Wildman–Crippen MR) is 50.0 cm³/mol. The number of benzene rings is 1. The van der Waals surface area contributed by atoms with Crippen LogP contribution in [0.4, 0.5) is 5.69 Å². The number of carbonyl (C=O) groups is 1. The highest BCUT2D eigenvalue weighted by molar-refractivity contribution is 5.91. The van der Waals surface area contributed by atoms with Crippen LogP contribution in [0.5, 0.6) is 0 Å². The molecule has 3 heteroatoms. The van der Waals surface area contributed by atoms with Crippen LogP contribution in [0.25, 0.3) is 0 Å². The van der Waals surface area contributed by atoms with Crippen molar-refractivity contribution in [3.8, 4) is 0 Å². The minimum Gasteiger partial charge on any atom is -0.478 e. The maximum absolute atomic E-state index is 10.6. The average molecular weight is 175 g/mol. The van der Waals surface area contributed by atoms with E-state index >= 15 is 0 Å². The Kier molecular flexibility index (Phi) is 1.65. The van der Waals surface area contributed by atoms with Crippen LogP contribution >= 0.6 is 0 Å². The molecular weight excluding hydrogens is 166 g/mol. The summed E-state index contributed by atoms with van der Waals surface area (Å²) < 4.78 is 0. The van der Waals surface area contributed by atoms with Crippen LogP contribution in [0.15, 0.2) is 23.2 Å². The molecule has 0 radical (unpaired) electrons. The Labute approximate surface area is 75.7 Å². The number of hydrogen-bond acceptors (Lipinski definition) is 2. The largest absolute Gasteiger partial charge is 0.478 e. The molecule has 1 aliphatic heterocycles. The number of carboxylic acids is 1. The summed E-state index contributed by atoms with van der Waals surface area (Å²) in [5.74, 6) is -0.601. The fourth-order valence-electron chi connectivity index (χ4n) is 1.45. The van der Waals surface area contributed by atoms with Gasteiger partial charge < -0.3 is 5.11 Å². The summed E-state index contributed by atoms with van der Waals surface area (Å²) in [5, 5.41) is 8.73. The van der Waals surface area contributed by atoms with Crippen molar-refractivity contribution in [3.05, 3.63) is 29.3 Å². The van der Waals surface area contributed by atoms with Gasteiger partial charge in [0.25, 0.3) is 0 Å². The molecule has 1 aliphatic rings. The lowest BCUT2D eigenvalue weighted by atomic mass is 10.0. The van der Waals surface area contributed by atoms with Crippen molar-refractivity contribution in [1.29, 1.82) is 0 Å². The van der Waals surface area contributed by atoms with Gasteiger partial charge in [0, 0.05) is 12.1 Å². The van der Waals surface area contributed by atoms with Crippen molar-refractivity contribution in [2.24, 2.45) is 4.99 Å². The summed E-state index contributed by atoms with van der Waals surface area (Å²) >= 11 is 0. The Bertz CT molecular complexity index is 396. The molecule has 0 spiro atoms. The van der Waals surface area contributed by atoms with E-state index in [4.69, 9.17) is 5.11 Å². The van der Waals surface area contributed by atoms with Crippen molar-refractivity contribution >= 4 is 17.9 Å². The van der Waals surface area contributed by atoms with Gasteiger partial charge in [0.15, 0.2) is 0 Å². The second kappa shape index (κ2) is 2.69. The Balaban J connectivity index is 2.50. The van der Waals surface area contributed by atoms with Crippen LogP contribution in [0.3, 0.4) is 0 Å². The summed E-state index contributed by atoms with van der Waals surface area (Å²) in [4.78, 5) is 14.8. The van der Waals surface area contributed by atoms with E-state index in [0.717, 1.165) is 11.3 Å². The van der Waals surface area contributed by atoms with Crippen LogP contribution < -0.4 is 0 Å². The molecule has 0 fully saturated rings. The van der Waals surface area contributed by atoms with E-state index < -0.39 is 5.97 Å². The number of rotatable bonds is 1. The zero-order valence-electron chi connectivity index (χ0n) is 7.19. The lowest BCUT2D eigenvalue weighted by molar-refractivity contribution is 0.0697. The van der Waals surface area contributed by atoms with Crippen LogP contribution in [-0.2, 0) is 0 Å². The molecule has 1 aromatic rings. The summed E-state index contributed by atoms with van der Waals surface area (Å²) in [6.45, 7) is 2.04. The van der Waals surface area contributed by atoms with Gasteiger partial charge in [-0.2, -0.15) is 0 Å². The first kappa shape index (κ1) is 7.98. The van der Waals surface area contributed by atoms with E-state index in [9.17, 15) is 4.79 Å². The van der Waals surface area contributed by atoms with E-state index in [1.165, 1.54) is 0 Å². The highest BCUT2D eigenvalue weighted by atomic mass is 16.4. The molecule has 13 heavy (non-hydrogen) atoms. The lowest BCUT2D eigenvalue weighted by Crippen LogP contribution is -1.96. The van der Waals surface area contributed by atoms with Gasteiger partial charge in [0.2, 0.25) is 0 Å². The maximum Gasteiger partial charge on any atom is 0.335 e. The fraction of sp³-hybridized carbons (Fsp3) is 0.200. The molecule has 0 bridgehead atoms. The van der Waals surface area contributed by atoms with Crippen molar-refractivity contribution in [2.75, 3.05) is 0 Å². The minimum absolute atomic E-state index is 0.296. The van der Waals surface area contributed by atoms with Gasteiger partial charge >= 0.3 is 5.97 Å². The third-order valence-electron chi connectivity index (χ3n) is 2.21. The van der Waals surface area contributed by atoms with Gasteiger partial charge in [-0.15, -0.1) is 0 Å². The molecule has 66 valence electrons. The predicted octanol–water partition coefficient (Wildman–Crippen LogP) is 2.20. The summed E-state index contributed by atoms with van der Waals surface area (Å²) in [6, 6.07) is 5.06. The summed E-state index contributed by atoms with van der Waals surface area (Å²) in [7, 11) is 0. The molecule has 1 heterocycles. The second-order valence-electron chi connectivity index (χ2n) is 3.15. The third kappa shape index (κ3) is 1.22. The zero-order valence-corrected chi connectivity index (χ0v) is 7.19. The first-order valence-corrected chi connectivity index (χ1v) is 4.10. The average Bonchev–Trinajstić information content (AvgIpc) is 2.47. The zero-order chi connectivity index (χ0) is 9.42. The molecule has 0 aliphatic carbocycles. The van der Waals surface area contributed by atoms with E-state index in [1.807, 2.05) is 19.2 Å². The highest BCUT2D eigenvalue weighted by Gasteiger charge is 2.15. The quantitative estimate of drug-likeness (QED) is 0.711. The van der Waals surface area contributed by atoms with Crippen molar-refractivity contribution in [2.45, 2.75) is 12.8 Å². The maximum atomic E-state index is 10.6. The smallest absolute Gasteiger partial charge is 0.335 e. The van der Waals surface area contributed by atoms with Gasteiger partial charge in [-0.3, -0.25) is 4.99 Å². The van der Waals surface area contributed by atoms with Crippen LogP contribution in [0, 0.1) is 0 Å². The number of aromatic carboxylic acids is 1. The monoisotopic (exact) mass is 175 g/mol. The third-order valence-corrected chi connectivity index (χ3v) is 2.21. The van der Waals surface area contributed by atoms with Crippen molar-refractivity contribution in [3.63, 3.8) is 0 Å². The molecule has 0 saturated heterocycles. The van der Waals surface area contributed by atoms with Gasteiger partial charge in [0.05, 0.1) is 11.3 Å². The number of hydrogen-bond donors (Lipinski definition) is 1. The first-order valence-electron chi connectivity index (χ1n) is 4.10. The Morgan fingerprint density at radius 2 is 2.31 bits per heavy atom. The van der Waals surface area contributed by atoms with Gasteiger partial charge in [-0.1, -0.05) is 13.0 Å². The van der Waals surface area contributed by atoms with Crippen molar-refractivity contribution in [1.82, 2.24) is 0 Å². The SMILES string of the molecule is CC1C=Nc2cc(C(=O)O)ccc21. The van der Waals surface area contributed by atoms with Crippen LogP contribution in [0.2, 0.25) is 0 Å². The van der Waals surface area contributed by atoms with Crippen molar-refractivity contribution < 1.29 is 9.90 Å². The van der Waals surface area contributed by atoms with Crippen LogP contribution in [-0.4, -0.2) is 17.3 Å². The molecule has 0 amide bonds.